The molecule has 4 rings (SSSR count). The minimum Gasteiger partial charge on any atom is -0.496 e. The van der Waals surface area contributed by atoms with Crippen LogP contribution in [0.15, 0.2) is 60.7 Å². The Labute approximate surface area is 216 Å². The molecule has 1 heterocycles. The Hall–Kier alpha value is -4.33. The molecule has 0 atom stereocenters. The minimum atomic E-state index is -0.290. The molecule has 0 bridgehead atoms. The maximum atomic E-state index is 12.0. The van der Waals surface area contributed by atoms with Crippen molar-refractivity contribution in [2.45, 2.75) is 39.8 Å². The molecule has 0 unspecified atom stereocenters. The third kappa shape index (κ3) is 5.58. The maximum absolute atomic E-state index is 12.0. The summed E-state index contributed by atoms with van der Waals surface area (Å²) in [6.45, 7) is 6.54. The van der Waals surface area contributed by atoms with Gasteiger partial charge in [-0.25, -0.2) is 0 Å². The van der Waals surface area contributed by atoms with Crippen LogP contribution in [0.4, 0.5) is 0 Å². The van der Waals surface area contributed by atoms with Crippen molar-refractivity contribution < 1.29 is 19.0 Å². The first-order valence-corrected chi connectivity index (χ1v) is 12.2. The van der Waals surface area contributed by atoms with E-state index in [1.807, 2.05) is 59.3 Å². The zero-order chi connectivity index (χ0) is 26.5. The number of carbonyl (C=O) groups excluding carboxylic acids is 1. The summed E-state index contributed by atoms with van der Waals surface area (Å²) in [7, 11) is 1.56. The molecule has 0 aliphatic rings. The summed E-state index contributed by atoms with van der Waals surface area (Å²) >= 11 is 0. The van der Waals surface area contributed by atoms with Gasteiger partial charge in [0.1, 0.15) is 29.6 Å². The van der Waals surface area contributed by atoms with Crippen LogP contribution in [0.5, 0.6) is 11.5 Å². The van der Waals surface area contributed by atoms with E-state index in [1.54, 1.807) is 14.0 Å². The number of para-hydroxylation sites is 1. The van der Waals surface area contributed by atoms with E-state index in [-0.39, 0.29) is 30.9 Å². The highest BCUT2D eigenvalue weighted by Crippen LogP contribution is 2.32. The van der Waals surface area contributed by atoms with Gasteiger partial charge in [-0.05, 0) is 62.2 Å². The van der Waals surface area contributed by atoms with Gasteiger partial charge in [0.05, 0.1) is 31.2 Å². The maximum Gasteiger partial charge on any atom is 0.310 e. The molecule has 0 saturated heterocycles. The van der Waals surface area contributed by atoms with Crippen LogP contribution in [0.1, 0.15) is 43.6 Å². The number of benzene rings is 3. The largest absolute Gasteiger partial charge is 0.496 e. The van der Waals surface area contributed by atoms with Crippen molar-refractivity contribution in [1.29, 1.82) is 5.41 Å². The lowest BCUT2D eigenvalue weighted by Crippen LogP contribution is -2.12. The highest BCUT2D eigenvalue weighted by molar-refractivity contribution is 5.99. The van der Waals surface area contributed by atoms with E-state index in [2.05, 4.69) is 19.9 Å². The highest BCUT2D eigenvalue weighted by Gasteiger charge is 2.17. The highest BCUT2D eigenvalue weighted by atomic mass is 16.5. The number of ether oxygens (including phenoxy) is 3. The standard InChI is InChI=1S/C29H32N4O4/c1-5-36-28(34)16-21-8-6-7-9-26(21)37-17-24-22-14-19(10-12-25(22)33(32-24)18(2)3)20-11-13-27(35-4)23(15-20)29(30)31/h6-15,18H,5,16-17H2,1-4H3,(H3,30,31). The van der Waals surface area contributed by atoms with Crippen LogP contribution >= 0.6 is 0 Å². The van der Waals surface area contributed by atoms with Crippen LogP contribution in [-0.4, -0.2) is 35.3 Å². The van der Waals surface area contributed by atoms with Crippen LogP contribution in [0.25, 0.3) is 22.0 Å². The molecule has 3 aromatic carbocycles. The number of methoxy groups -OCH3 is 1. The molecule has 3 N–H and O–H groups in total. The van der Waals surface area contributed by atoms with Crippen LogP contribution in [0, 0.1) is 5.41 Å². The molecule has 0 saturated carbocycles. The van der Waals surface area contributed by atoms with Gasteiger partial charge in [-0.1, -0.05) is 30.3 Å². The number of esters is 1. The quantitative estimate of drug-likeness (QED) is 0.174. The molecule has 8 nitrogen and oxygen atoms in total. The number of hydrogen-bond donors (Lipinski definition) is 2. The second kappa shape index (κ2) is 11.2. The fraction of sp³-hybridized carbons (Fsp3) is 0.276. The molecule has 0 aliphatic heterocycles. The van der Waals surface area contributed by atoms with Gasteiger partial charge in [-0.3, -0.25) is 14.9 Å². The number of nitrogens with zero attached hydrogens (tertiary/aromatic N) is 2. The predicted octanol–water partition coefficient (Wildman–Crippen LogP) is 5.26. The lowest BCUT2D eigenvalue weighted by atomic mass is 10.00. The summed E-state index contributed by atoms with van der Waals surface area (Å²) in [5, 5.41) is 13.7. The van der Waals surface area contributed by atoms with Crippen molar-refractivity contribution in [2.75, 3.05) is 13.7 Å². The van der Waals surface area contributed by atoms with E-state index < -0.39 is 0 Å². The zero-order valence-corrected chi connectivity index (χ0v) is 21.6. The van der Waals surface area contributed by atoms with Gasteiger partial charge in [0.25, 0.3) is 0 Å². The fourth-order valence-corrected chi connectivity index (χ4v) is 4.29. The molecule has 8 heteroatoms. The van der Waals surface area contributed by atoms with Gasteiger partial charge in [0, 0.05) is 17.0 Å². The van der Waals surface area contributed by atoms with Crippen molar-refractivity contribution in [3.05, 3.63) is 77.5 Å². The smallest absolute Gasteiger partial charge is 0.310 e. The van der Waals surface area contributed by atoms with E-state index in [0.717, 1.165) is 33.3 Å². The summed E-state index contributed by atoms with van der Waals surface area (Å²) in [5.74, 6) is 0.839. The second-order valence-corrected chi connectivity index (χ2v) is 8.92. The Bertz CT molecular complexity index is 1440. The van der Waals surface area contributed by atoms with Gasteiger partial charge < -0.3 is 19.9 Å². The van der Waals surface area contributed by atoms with Crippen molar-refractivity contribution >= 4 is 22.7 Å². The topological polar surface area (TPSA) is 112 Å². The molecule has 1 aromatic heterocycles. The van der Waals surface area contributed by atoms with E-state index in [9.17, 15) is 4.79 Å². The van der Waals surface area contributed by atoms with E-state index >= 15 is 0 Å². The number of amidine groups is 1. The molecule has 0 aliphatic carbocycles. The molecule has 0 spiro atoms. The summed E-state index contributed by atoms with van der Waals surface area (Å²) in [5.41, 5.74) is 10.8. The first-order chi connectivity index (χ1) is 17.8. The summed E-state index contributed by atoms with van der Waals surface area (Å²) in [6.07, 6.45) is 0.144. The summed E-state index contributed by atoms with van der Waals surface area (Å²) < 4.78 is 18.6. The molecule has 37 heavy (non-hydrogen) atoms. The monoisotopic (exact) mass is 500 g/mol. The Morgan fingerprint density at radius 2 is 1.78 bits per heavy atom. The average molecular weight is 501 g/mol. The Balaban J connectivity index is 1.70. The van der Waals surface area contributed by atoms with Gasteiger partial charge in [0.2, 0.25) is 0 Å². The SMILES string of the molecule is CCOC(=O)Cc1ccccc1OCc1nn(C(C)C)c2ccc(-c3ccc(OC)c(C(=N)N)c3)cc12. The van der Waals surface area contributed by atoms with Crippen LogP contribution < -0.4 is 15.2 Å². The van der Waals surface area contributed by atoms with Gasteiger partial charge in [0.15, 0.2) is 0 Å². The number of hydrogen-bond acceptors (Lipinski definition) is 6. The van der Waals surface area contributed by atoms with E-state index in [0.29, 0.717) is 23.7 Å². The number of rotatable bonds is 10. The minimum absolute atomic E-state index is 0.0528. The van der Waals surface area contributed by atoms with Crippen molar-refractivity contribution in [3.8, 4) is 22.6 Å². The molecular weight excluding hydrogens is 468 g/mol. The van der Waals surface area contributed by atoms with E-state index in [1.165, 1.54) is 0 Å². The molecule has 0 amide bonds. The number of carbonyl (C=O) groups is 1. The Kier molecular flexibility index (Phi) is 7.77. The molecule has 192 valence electrons. The first kappa shape index (κ1) is 25.8. The van der Waals surface area contributed by atoms with Crippen LogP contribution in [-0.2, 0) is 22.6 Å². The van der Waals surface area contributed by atoms with E-state index in [4.69, 9.17) is 30.5 Å². The molecular formula is C29H32N4O4. The first-order valence-electron chi connectivity index (χ1n) is 12.2. The number of nitrogen functional groups attached to an aromatic ring is 1. The van der Waals surface area contributed by atoms with Gasteiger partial charge in [-0.15, -0.1) is 0 Å². The average Bonchev–Trinajstić information content (AvgIpc) is 3.26. The summed E-state index contributed by atoms with van der Waals surface area (Å²) in [6, 6.07) is 19.4. The lowest BCUT2D eigenvalue weighted by molar-refractivity contribution is -0.142. The normalized spacial score (nSPS) is 11.1. The van der Waals surface area contributed by atoms with Crippen molar-refractivity contribution in [3.63, 3.8) is 0 Å². The predicted molar refractivity (Wildman–Crippen MR) is 144 cm³/mol. The Morgan fingerprint density at radius 1 is 1.05 bits per heavy atom. The van der Waals surface area contributed by atoms with Gasteiger partial charge >= 0.3 is 5.97 Å². The zero-order valence-electron chi connectivity index (χ0n) is 21.6. The molecule has 0 radical (unpaired) electrons. The number of nitrogens with one attached hydrogen (secondary N) is 1. The van der Waals surface area contributed by atoms with Crippen molar-refractivity contribution in [1.82, 2.24) is 9.78 Å². The number of aromatic nitrogens is 2. The molecule has 4 aromatic rings. The number of fused-ring (bicyclic) bond motifs is 1. The third-order valence-electron chi connectivity index (χ3n) is 6.07. The van der Waals surface area contributed by atoms with Crippen LogP contribution in [0.3, 0.4) is 0 Å². The third-order valence-corrected chi connectivity index (χ3v) is 6.07. The molecule has 0 fully saturated rings. The number of nitrogens with two attached hydrogens (primary N) is 1. The summed E-state index contributed by atoms with van der Waals surface area (Å²) in [4.78, 5) is 12.0. The van der Waals surface area contributed by atoms with Gasteiger partial charge in [-0.2, -0.15) is 5.10 Å². The lowest BCUT2D eigenvalue weighted by Gasteiger charge is -2.11. The fourth-order valence-electron chi connectivity index (χ4n) is 4.29. The Morgan fingerprint density at radius 3 is 2.49 bits per heavy atom. The van der Waals surface area contributed by atoms with Crippen molar-refractivity contribution in [2.24, 2.45) is 5.73 Å². The second-order valence-electron chi connectivity index (χ2n) is 8.92. The van der Waals surface area contributed by atoms with Crippen LogP contribution in [0.2, 0.25) is 0 Å².